The maximum atomic E-state index is 13.3. The minimum Gasteiger partial charge on any atom is -0.495 e. The van der Waals surface area contributed by atoms with Crippen molar-refractivity contribution in [3.63, 3.8) is 0 Å². The number of benzene rings is 3. The topological polar surface area (TPSA) is 73.2 Å². The van der Waals surface area contributed by atoms with Gasteiger partial charge >= 0.3 is 0 Å². The first kappa shape index (κ1) is 21.9. The number of anilines is 1. The molecule has 1 aromatic heterocycles. The zero-order valence-electron chi connectivity index (χ0n) is 17.5. The van der Waals surface area contributed by atoms with Gasteiger partial charge in [0.15, 0.2) is 5.16 Å². The molecule has 3 aromatic carbocycles. The number of halogens is 1. The summed E-state index contributed by atoms with van der Waals surface area (Å²) in [5.41, 5.74) is 2.59. The van der Waals surface area contributed by atoms with Crippen LogP contribution in [0.1, 0.15) is 5.56 Å². The van der Waals surface area contributed by atoms with Gasteiger partial charge in [0, 0.05) is 5.02 Å². The molecule has 0 saturated carbocycles. The molecule has 1 heterocycles. The van der Waals surface area contributed by atoms with Gasteiger partial charge in [0.2, 0.25) is 5.91 Å². The Morgan fingerprint density at radius 3 is 2.62 bits per heavy atom. The van der Waals surface area contributed by atoms with E-state index < -0.39 is 0 Å². The Kier molecular flexibility index (Phi) is 6.48. The number of amides is 1. The van der Waals surface area contributed by atoms with Gasteiger partial charge in [-0.05, 0) is 61.0 Å². The van der Waals surface area contributed by atoms with Crippen molar-refractivity contribution in [3.05, 3.63) is 87.7 Å². The smallest absolute Gasteiger partial charge is 0.266 e. The van der Waals surface area contributed by atoms with Gasteiger partial charge in [-0.1, -0.05) is 41.6 Å². The van der Waals surface area contributed by atoms with Crippen molar-refractivity contribution < 1.29 is 9.53 Å². The molecule has 0 saturated heterocycles. The van der Waals surface area contributed by atoms with Crippen LogP contribution in [0.15, 0.2) is 76.7 Å². The molecule has 0 radical (unpaired) electrons. The number of carbonyl (C=O) groups is 1. The van der Waals surface area contributed by atoms with E-state index in [9.17, 15) is 9.59 Å². The van der Waals surface area contributed by atoms with E-state index in [1.807, 2.05) is 25.1 Å². The number of hydrogen-bond donors (Lipinski definition) is 1. The molecule has 8 heteroatoms. The molecule has 0 aliphatic heterocycles. The van der Waals surface area contributed by atoms with Gasteiger partial charge in [-0.25, -0.2) is 4.98 Å². The van der Waals surface area contributed by atoms with Crippen LogP contribution in [-0.4, -0.2) is 28.3 Å². The highest BCUT2D eigenvalue weighted by Crippen LogP contribution is 2.26. The number of aryl methyl sites for hydroxylation is 1. The van der Waals surface area contributed by atoms with E-state index in [1.54, 1.807) is 55.6 Å². The fraction of sp³-hybridized carbons (Fsp3) is 0.125. The molecule has 0 fully saturated rings. The van der Waals surface area contributed by atoms with E-state index in [0.29, 0.717) is 38.2 Å². The van der Waals surface area contributed by atoms with Crippen LogP contribution in [-0.2, 0) is 4.79 Å². The van der Waals surface area contributed by atoms with Crippen LogP contribution in [0.2, 0.25) is 5.02 Å². The highest BCUT2D eigenvalue weighted by Gasteiger charge is 2.15. The van der Waals surface area contributed by atoms with Gasteiger partial charge in [0.25, 0.3) is 5.56 Å². The van der Waals surface area contributed by atoms with Crippen LogP contribution < -0.4 is 15.6 Å². The number of thioether (sulfide) groups is 1. The molecule has 0 aliphatic carbocycles. The van der Waals surface area contributed by atoms with Gasteiger partial charge < -0.3 is 10.1 Å². The van der Waals surface area contributed by atoms with Crippen molar-refractivity contribution in [2.24, 2.45) is 0 Å². The second kappa shape index (κ2) is 9.46. The molecule has 0 spiro atoms. The van der Waals surface area contributed by atoms with Crippen LogP contribution in [0.25, 0.3) is 16.6 Å². The number of nitrogens with zero attached hydrogens (tertiary/aromatic N) is 2. The molecule has 0 bridgehead atoms. The predicted molar refractivity (Wildman–Crippen MR) is 129 cm³/mol. The second-order valence-electron chi connectivity index (χ2n) is 7.07. The molecule has 32 heavy (non-hydrogen) atoms. The number of aromatic nitrogens is 2. The van der Waals surface area contributed by atoms with Crippen LogP contribution in [0.5, 0.6) is 5.75 Å². The molecule has 0 atom stereocenters. The van der Waals surface area contributed by atoms with E-state index in [0.717, 1.165) is 5.56 Å². The Morgan fingerprint density at radius 1 is 1.12 bits per heavy atom. The first-order valence-electron chi connectivity index (χ1n) is 9.81. The second-order valence-corrected chi connectivity index (χ2v) is 8.45. The molecule has 4 aromatic rings. The Balaban J connectivity index is 1.66. The van der Waals surface area contributed by atoms with Crippen molar-refractivity contribution in [3.8, 4) is 11.4 Å². The van der Waals surface area contributed by atoms with E-state index in [2.05, 4.69) is 10.3 Å². The van der Waals surface area contributed by atoms with Crippen LogP contribution in [0.3, 0.4) is 0 Å². The molecule has 1 N–H and O–H groups in total. The minimum absolute atomic E-state index is 0.0649. The highest BCUT2D eigenvalue weighted by atomic mass is 35.5. The van der Waals surface area contributed by atoms with Gasteiger partial charge in [-0.15, -0.1) is 0 Å². The fourth-order valence-electron chi connectivity index (χ4n) is 3.26. The van der Waals surface area contributed by atoms with Crippen molar-refractivity contribution in [2.45, 2.75) is 12.1 Å². The van der Waals surface area contributed by atoms with E-state index in [4.69, 9.17) is 16.3 Å². The van der Waals surface area contributed by atoms with Gasteiger partial charge in [-0.3, -0.25) is 14.2 Å². The molecular formula is C24H20ClN3O3S. The minimum atomic E-state index is -0.232. The molecule has 162 valence electrons. The number of carbonyl (C=O) groups excluding carboxylic acids is 1. The first-order chi connectivity index (χ1) is 15.5. The predicted octanol–water partition coefficient (Wildman–Crippen LogP) is 5.09. The summed E-state index contributed by atoms with van der Waals surface area (Å²) < 4.78 is 6.83. The average molecular weight is 466 g/mol. The fourth-order valence-corrected chi connectivity index (χ4v) is 4.20. The van der Waals surface area contributed by atoms with Gasteiger partial charge in [-0.2, -0.15) is 0 Å². The molecule has 4 rings (SSSR count). The third-order valence-corrected chi connectivity index (χ3v) is 5.98. The van der Waals surface area contributed by atoms with Gasteiger partial charge in [0.1, 0.15) is 5.75 Å². The third kappa shape index (κ3) is 4.64. The zero-order chi connectivity index (χ0) is 22.7. The number of nitrogens with one attached hydrogen (secondary N) is 1. The Bertz CT molecular complexity index is 1350. The van der Waals surface area contributed by atoms with E-state index in [-0.39, 0.29) is 17.2 Å². The van der Waals surface area contributed by atoms with E-state index in [1.165, 1.54) is 16.3 Å². The average Bonchev–Trinajstić information content (AvgIpc) is 2.79. The number of methoxy groups -OCH3 is 1. The first-order valence-corrected chi connectivity index (χ1v) is 11.2. The summed E-state index contributed by atoms with van der Waals surface area (Å²) in [4.78, 5) is 30.6. The largest absolute Gasteiger partial charge is 0.495 e. The summed E-state index contributed by atoms with van der Waals surface area (Å²) in [6.45, 7) is 1.94. The Labute approximate surface area is 194 Å². The summed E-state index contributed by atoms with van der Waals surface area (Å²) in [5, 5.41) is 4.36. The van der Waals surface area contributed by atoms with E-state index >= 15 is 0 Å². The summed E-state index contributed by atoms with van der Waals surface area (Å²) in [7, 11) is 1.55. The maximum Gasteiger partial charge on any atom is 0.266 e. The van der Waals surface area contributed by atoms with Crippen LogP contribution in [0.4, 0.5) is 5.69 Å². The lowest BCUT2D eigenvalue weighted by atomic mass is 10.2. The molecule has 0 aliphatic rings. The zero-order valence-corrected chi connectivity index (χ0v) is 19.0. The van der Waals surface area contributed by atoms with Crippen LogP contribution in [0, 0.1) is 6.92 Å². The number of hydrogen-bond acceptors (Lipinski definition) is 5. The number of ether oxygens (including phenoxy) is 1. The van der Waals surface area contributed by atoms with Gasteiger partial charge in [0.05, 0.1) is 35.1 Å². The lowest BCUT2D eigenvalue weighted by Gasteiger charge is -2.14. The maximum absolute atomic E-state index is 13.3. The number of para-hydroxylation sites is 1. The lowest BCUT2D eigenvalue weighted by Crippen LogP contribution is -2.23. The van der Waals surface area contributed by atoms with Crippen molar-refractivity contribution >= 4 is 45.9 Å². The van der Waals surface area contributed by atoms with Crippen LogP contribution >= 0.6 is 23.4 Å². The Morgan fingerprint density at radius 2 is 1.88 bits per heavy atom. The highest BCUT2D eigenvalue weighted by molar-refractivity contribution is 7.99. The Hall–Kier alpha value is -3.29. The number of rotatable bonds is 6. The van der Waals surface area contributed by atoms with Crippen molar-refractivity contribution in [1.82, 2.24) is 9.55 Å². The summed E-state index contributed by atoms with van der Waals surface area (Å²) in [6.07, 6.45) is 0. The standard InChI is InChI=1S/C24H20ClN3O3S/c1-15-7-12-21(31-2)20(13-15)26-22(29)14-32-24-27-19-6-4-3-5-18(19)23(30)28(24)17-10-8-16(25)9-11-17/h3-13H,14H2,1-2H3,(H,26,29). The summed E-state index contributed by atoms with van der Waals surface area (Å²) in [6, 6.07) is 19.6. The lowest BCUT2D eigenvalue weighted by molar-refractivity contribution is -0.113. The normalized spacial score (nSPS) is 10.8. The van der Waals surface area contributed by atoms with Crippen molar-refractivity contribution in [2.75, 3.05) is 18.2 Å². The molecular weight excluding hydrogens is 446 g/mol. The monoisotopic (exact) mass is 465 g/mol. The summed E-state index contributed by atoms with van der Waals surface area (Å²) >= 11 is 7.20. The van der Waals surface area contributed by atoms with Crippen molar-refractivity contribution in [1.29, 1.82) is 0 Å². The number of fused-ring (bicyclic) bond motifs is 1. The molecule has 1 amide bonds. The molecule has 6 nitrogen and oxygen atoms in total. The quantitative estimate of drug-likeness (QED) is 0.317. The molecule has 0 unspecified atom stereocenters. The SMILES string of the molecule is COc1ccc(C)cc1NC(=O)CSc1nc2ccccc2c(=O)n1-c1ccc(Cl)cc1. The third-order valence-electron chi connectivity index (χ3n) is 4.79. The summed E-state index contributed by atoms with van der Waals surface area (Å²) in [5.74, 6) is 0.412.